The van der Waals surface area contributed by atoms with Gasteiger partial charge in [-0.2, -0.15) is 0 Å². The van der Waals surface area contributed by atoms with E-state index in [2.05, 4.69) is 5.32 Å². The highest BCUT2D eigenvalue weighted by Gasteiger charge is 2.21. The van der Waals surface area contributed by atoms with E-state index in [-0.39, 0.29) is 11.3 Å². The number of carboxylic acid groups (broad SMARTS) is 1. The number of aliphatic carboxylic acids is 1. The number of halogens is 1. The van der Waals surface area contributed by atoms with Gasteiger partial charge in [0.15, 0.2) is 0 Å². The molecule has 0 aromatic heterocycles. The van der Waals surface area contributed by atoms with Crippen LogP contribution in [0.15, 0.2) is 18.2 Å². The van der Waals surface area contributed by atoms with Crippen molar-refractivity contribution in [1.82, 2.24) is 0 Å². The lowest BCUT2D eigenvalue weighted by Crippen LogP contribution is -2.27. The lowest BCUT2D eigenvalue weighted by molar-refractivity contribution is -0.139. The fraction of sp³-hybridized carbons (Fsp3) is 0.429. The molecule has 0 saturated carbocycles. The molecule has 1 amide bonds. The van der Waals surface area contributed by atoms with Crippen LogP contribution in [-0.4, -0.2) is 27.9 Å². The van der Waals surface area contributed by atoms with Crippen LogP contribution in [0.5, 0.6) is 0 Å². The SMILES string of the molecule is CC(C)(C)OC(=O)Nc1ccc(F)cc1[C@H](O)CC(=O)O. The zero-order chi connectivity index (χ0) is 16.2. The molecule has 21 heavy (non-hydrogen) atoms. The number of aliphatic hydroxyl groups excluding tert-OH is 1. The molecule has 0 fully saturated rings. The third kappa shape index (κ3) is 5.78. The number of benzene rings is 1. The Morgan fingerprint density at radius 1 is 1.38 bits per heavy atom. The van der Waals surface area contributed by atoms with Crippen LogP contribution in [0.3, 0.4) is 0 Å². The molecule has 0 bridgehead atoms. The van der Waals surface area contributed by atoms with Crippen molar-refractivity contribution in [2.75, 3.05) is 5.32 Å². The Balaban J connectivity index is 2.96. The van der Waals surface area contributed by atoms with Crippen LogP contribution < -0.4 is 5.32 Å². The minimum atomic E-state index is -1.44. The Bertz CT molecular complexity index is 539. The summed E-state index contributed by atoms with van der Waals surface area (Å²) >= 11 is 0. The number of amides is 1. The van der Waals surface area contributed by atoms with Crippen molar-refractivity contribution < 1.29 is 28.9 Å². The summed E-state index contributed by atoms with van der Waals surface area (Å²) in [6.07, 6.45) is -2.83. The molecule has 0 heterocycles. The van der Waals surface area contributed by atoms with E-state index >= 15 is 0 Å². The van der Waals surface area contributed by atoms with Crippen molar-refractivity contribution in [3.8, 4) is 0 Å². The van der Waals surface area contributed by atoms with Crippen molar-refractivity contribution in [2.24, 2.45) is 0 Å². The zero-order valence-corrected chi connectivity index (χ0v) is 12.0. The first-order valence-corrected chi connectivity index (χ1v) is 6.28. The average molecular weight is 299 g/mol. The van der Waals surface area contributed by atoms with Crippen LogP contribution in [-0.2, 0) is 9.53 Å². The first-order chi connectivity index (χ1) is 9.58. The van der Waals surface area contributed by atoms with Gasteiger partial charge in [-0.25, -0.2) is 9.18 Å². The molecule has 1 atom stereocenters. The molecule has 1 aromatic carbocycles. The van der Waals surface area contributed by atoms with Crippen LogP contribution in [0.4, 0.5) is 14.9 Å². The third-order valence-electron chi connectivity index (χ3n) is 2.38. The van der Waals surface area contributed by atoms with Gasteiger partial charge in [0.1, 0.15) is 11.4 Å². The van der Waals surface area contributed by atoms with E-state index in [0.29, 0.717) is 0 Å². The Morgan fingerprint density at radius 2 is 2.00 bits per heavy atom. The molecule has 7 heteroatoms. The van der Waals surface area contributed by atoms with Crippen molar-refractivity contribution in [3.05, 3.63) is 29.6 Å². The molecule has 0 saturated heterocycles. The Hall–Kier alpha value is -2.15. The molecule has 0 aliphatic heterocycles. The topological polar surface area (TPSA) is 95.9 Å². The van der Waals surface area contributed by atoms with Crippen LogP contribution in [0.25, 0.3) is 0 Å². The highest BCUT2D eigenvalue weighted by molar-refractivity contribution is 5.86. The lowest BCUT2D eigenvalue weighted by atomic mass is 10.0. The Kier molecular flexibility index (Phi) is 5.26. The number of aliphatic hydroxyl groups is 1. The third-order valence-corrected chi connectivity index (χ3v) is 2.38. The molecule has 1 rings (SSSR count). The fourth-order valence-corrected chi connectivity index (χ4v) is 1.61. The van der Waals surface area contributed by atoms with Crippen molar-refractivity contribution in [1.29, 1.82) is 0 Å². The maximum atomic E-state index is 13.3. The second kappa shape index (κ2) is 6.53. The molecule has 6 nitrogen and oxygen atoms in total. The number of carbonyl (C=O) groups excluding carboxylic acids is 1. The standard InChI is InChI=1S/C14H18FNO5/c1-14(2,3)21-13(20)16-10-5-4-8(15)6-9(10)11(17)7-12(18)19/h4-6,11,17H,7H2,1-3H3,(H,16,20)(H,18,19)/t11-/m1/s1. The summed E-state index contributed by atoms with van der Waals surface area (Å²) in [6, 6.07) is 3.30. The second-order valence-electron chi connectivity index (χ2n) is 5.47. The van der Waals surface area contributed by atoms with Crippen LogP contribution in [0.1, 0.15) is 38.9 Å². The number of ether oxygens (including phenoxy) is 1. The normalized spacial score (nSPS) is 12.6. The van der Waals surface area contributed by atoms with E-state index in [1.807, 2.05) is 0 Å². The van der Waals surface area contributed by atoms with Gasteiger partial charge in [0.05, 0.1) is 18.2 Å². The van der Waals surface area contributed by atoms with Gasteiger partial charge >= 0.3 is 12.1 Å². The predicted molar refractivity (Wildman–Crippen MR) is 73.5 cm³/mol. The van der Waals surface area contributed by atoms with Crippen molar-refractivity contribution >= 4 is 17.7 Å². The largest absolute Gasteiger partial charge is 0.481 e. The van der Waals surface area contributed by atoms with Gasteiger partial charge in [0, 0.05) is 5.56 Å². The summed E-state index contributed by atoms with van der Waals surface area (Å²) < 4.78 is 18.3. The monoisotopic (exact) mass is 299 g/mol. The number of rotatable bonds is 4. The maximum Gasteiger partial charge on any atom is 0.412 e. The van der Waals surface area contributed by atoms with E-state index < -0.39 is 36.0 Å². The van der Waals surface area contributed by atoms with E-state index in [9.17, 15) is 19.1 Å². The molecule has 0 unspecified atom stereocenters. The number of hydrogen-bond donors (Lipinski definition) is 3. The number of carboxylic acids is 1. The molecule has 3 N–H and O–H groups in total. The number of anilines is 1. The summed E-state index contributed by atoms with van der Waals surface area (Å²) in [5.74, 6) is -1.89. The molecule has 0 aliphatic rings. The van der Waals surface area contributed by atoms with Crippen LogP contribution in [0.2, 0.25) is 0 Å². The average Bonchev–Trinajstić information content (AvgIpc) is 2.27. The predicted octanol–water partition coefficient (Wildman–Crippen LogP) is 2.68. The summed E-state index contributed by atoms with van der Waals surface area (Å²) in [6.45, 7) is 5.03. The summed E-state index contributed by atoms with van der Waals surface area (Å²) in [5.41, 5.74) is -0.646. The van der Waals surface area contributed by atoms with Gasteiger partial charge in [0.25, 0.3) is 0 Å². The van der Waals surface area contributed by atoms with Crippen LogP contribution in [0, 0.1) is 5.82 Å². The minimum absolute atomic E-state index is 0.0248. The number of hydrogen-bond acceptors (Lipinski definition) is 4. The van der Waals surface area contributed by atoms with Gasteiger partial charge in [-0.1, -0.05) is 0 Å². The maximum absolute atomic E-state index is 13.3. The van der Waals surface area contributed by atoms with E-state index in [1.165, 1.54) is 6.07 Å². The van der Waals surface area contributed by atoms with Gasteiger partial charge in [-0.05, 0) is 39.0 Å². The zero-order valence-electron chi connectivity index (χ0n) is 12.0. The molecular weight excluding hydrogens is 281 g/mol. The summed E-state index contributed by atoms with van der Waals surface area (Å²) in [5, 5.41) is 20.8. The first kappa shape index (κ1) is 16.9. The van der Waals surface area contributed by atoms with Gasteiger partial charge in [0.2, 0.25) is 0 Å². The Labute approximate surface area is 121 Å². The molecule has 1 aromatic rings. The van der Waals surface area contributed by atoms with E-state index in [4.69, 9.17) is 9.84 Å². The van der Waals surface area contributed by atoms with E-state index in [1.54, 1.807) is 20.8 Å². The van der Waals surface area contributed by atoms with Crippen molar-refractivity contribution in [3.63, 3.8) is 0 Å². The number of carbonyl (C=O) groups is 2. The van der Waals surface area contributed by atoms with Gasteiger partial charge < -0.3 is 14.9 Å². The van der Waals surface area contributed by atoms with Gasteiger partial charge in [-0.3, -0.25) is 10.1 Å². The second-order valence-corrected chi connectivity index (χ2v) is 5.47. The molecule has 0 aliphatic carbocycles. The van der Waals surface area contributed by atoms with Crippen LogP contribution >= 0.6 is 0 Å². The smallest absolute Gasteiger partial charge is 0.412 e. The fourth-order valence-electron chi connectivity index (χ4n) is 1.61. The number of nitrogens with one attached hydrogen (secondary N) is 1. The molecule has 116 valence electrons. The molecular formula is C14H18FNO5. The summed E-state index contributed by atoms with van der Waals surface area (Å²) in [4.78, 5) is 22.3. The highest BCUT2D eigenvalue weighted by Crippen LogP contribution is 2.27. The molecule has 0 radical (unpaired) electrons. The van der Waals surface area contributed by atoms with Gasteiger partial charge in [-0.15, -0.1) is 0 Å². The first-order valence-electron chi connectivity index (χ1n) is 6.28. The lowest BCUT2D eigenvalue weighted by Gasteiger charge is -2.21. The Morgan fingerprint density at radius 3 is 2.52 bits per heavy atom. The molecule has 0 spiro atoms. The van der Waals surface area contributed by atoms with E-state index in [0.717, 1.165) is 12.1 Å². The summed E-state index contributed by atoms with van der Waals surface area (Å²) in [7, 11) is 0. The quantitative estimate of drug-likeness (QED) is 0.794. The highest BCUT2D eigenvalue weighted by atomic mass is 19.1. The van der Waals surface area contributed by atoms with Crippen molar-refractivity contribution in [2.45, 2.75) is 38.9 Å². The minimum Gasteiger partial charge on any atom is -0.481 e.